The summed E-state index contributed by atoms with van der Waals surface area (Å²) < 4.78 is 7.68. The number of rotatable bonds is 7. The largest absolute Gasteiger partial charge is 0.487 e. The lowest BCUT2D eigenvalue weighted by molar-refractivity contribution is 0.301. The van der Waals surface area contributed by atoms with Crippen LogP contribution in [0.2, 0.25) is 0 Å². The van der Waals surface area contributed by atoms with Crippen LogP contribution >= 0.6 is 0 Å². The van der Waals surface area contributed by atoms with Gasteiger partial charge >= 0.3 is 0 Å². The van der Waals surface area contributed by atoms with E-state index in [0.717, 1.165) is 17.9 Å². The van der Waals surface area contributed by atoms with Crippen molar-refractivity contribution in [1.82, 2.24) is 15.0 Å². The molecule has 0 spiro atoms. The van der Waals surface area contributed by atoms with Gasteiger partial charge in [0.15, 0.2) is 0 Å². The van der Waals surface area contributed by atoms with E-state index in [4.69, 9.17) is 4.74 Å². The van der Waals surface area contributed by atoms with Crippen molar-refractivity contribution >= 4 is 0 Å². The zero-order valence-electron chi connectivity index (χ0n) is 15.0. The third kappa shape index (κ3) is 4.82. The predicted molar refractivity (Wildman–Crippen MR) is 106 cm³/mol. The van der Waals surface area contributed by atoms with Crippen molar-refractivity contribution in [3.8, 4) is 5.75 Å². The van der Waals surface area contributed by atoms with Crippen molar-refractivity contribution in [1.29, 1.82) is 0 Å². The van der Waals surface area contributed by atoms with Gasteiger partial charge in [-0.15, -0.1) is 5.10 Å². The van der Waals surface area contributed by atoms with Gasteiger partial charge in [-0.05, 0) is 35.2 Å². The highest BCUT2D eigenvalue weighted by atomic mass is 16.5. The second-order valence-corrected chi connectivity index (χ2v) is 6.49. The molecule has 1 aromatic heterocycles. The topological polar surface area (TPSA) is 39.9 Å². The number of aromatic nitrogens is 3. The highest BCUT2D eigenvalue weighted by molar-refractivity contribution is 5.31. The summed E-state index contributed by atoms with van der Waals surface area (Å²) in [7, 11) is 0. The molecule has 4 rings (SSSR count). The van der Waals surface area contributed by atoms with Crippen molar-refractivity contribution in [2.45, 2.75) is 19.6 Å². The van der Waals surface area contributed by atoms with Crippen LogP contribution in [-0.4, -0.2) is 15.0 Å². The summed E-state index contributed by atoms with van der Waals surface area (Å²) in [5, 5.41) is 8.36. The summed E-state index contributed by atoms with van der Waals surface area (Å²) in [5.74, 6) is 0.837. The van der Waals surface area contributed by atoms with Crippen LogP contribution in [0.4, 0.5) is 0 Å². The van der Waals surface area contributed by atoms with Gasteiger partial charge in [0.1, 0.15) is 18.1 Å². The first-order valence-electron chi connectivity index (χ1n) is 9.04. The Hall–Kier alpha value is -3.40. The van der Waals surface area contributed by atoms with Crippen LogP contribution in [0.25, 0.3) is 0 Å². The van der Waals surface area contributed by atoms with Crippen LogP contribution in [0, 0.1) is 0 Å². The maximum absolute atomic E-state index is 5.84. The van der Waals surface area contributed by atoms with Crippen molar-refractivity contribution in [3.05, 3.63) is 114 Å². The monoisotopic (exact) mass is 355 g/mol. The molecule has 3 aromatic carbocycles. The molecular formula is C23H21N3O. The van der Waals surface area contributed by atoms with Gasteiger partial charge in [0.25, 0.3) is 0 Å². The summed E-state index contributed by atoms with van der Waals surface area (Å²) in [6.45, 7) is 1.12. The fraction of sp³-hybridized carbons (Fsp3) is 0.130. The maximum Gasteiger partial charge on any atom is 0.134 e. The molecule has 0 fully saturated rings. The third-order valence-corrected chi connectivity index (χ3v) is 4.33. The smallest absolute Gasteiger partial charge is 0.134 e. The molecule has 1 heterocycles. The van der Waals surface area contributed by atoms with E-state index in [2.05, 4.69) is 58.8 Å². The molecule has 27 heavy (non-hydrogen) atoms. The van der Waals surface area contributed by atoms with Gasteiger partial charge in [0.2, 0.25) is 0 Å². The van der Waals surface area contributed by atoms with Crippen molar-refractivity contribution in [3.63, 3.8) is 0 Å². The van der Waals surface area contributed by atoms with Crippen molar-refractivity contribution in [2.24, 2.45) is 0 Å². The predicted octanol–water partition coefficient (Wildman–Crippen LogP) is 4.50. The van der Waals surface area contributed by atoms with E-state index in [1.54, 1.807) is 0 Å². The van der Waals surface area contributed by atoms with Gasteiger partial charge in [-0.1, -0.05) is 78.0 Å². The first kappa shape index (κ1) is 17.0. The maximum atomic E-state index is 5.84. The van der Waals surface area contributed by atoms with Crippen LogP contribution < -0.4 is 4.74 Å². The van der Waals surface area contributed by atoms with E-state index in [1.807, 2.05) is 47.3 Å². The normalized spacial score (nSPS) is 10.7. The molecule has 0 unspecified atom stereocenters. The second kappa shape index (κ2) is 8.32. The molecule has 134 valence electrons. The molecule has 0 bridgehead atoms. The summed E-state index contributed by atoms with van der Waals surface area (Å²) in [5.41, 5.74) is 4.59. The van der Waals surface area contributed by atoms with Crippen LogP contribution in [0.1, 0.15) is 22.4 Å². The summed E-state index contributed by atoms with van der Waals surface area (Å²) >= 11 is 0. The molecule has 0 aliphatic heterocycles. The van der Waals surface area contributed by atoms with Crippen molar-refractivity contribution in [2.75, 3.05) is 0 Å². The Morgan fingerprint density at radius 2 is 1.33 bits per heavy atom. The van der Waals surface area contributed by atoms with E-state index in [1.165, 1.54) is 16.7 Å². The zero-order valence-corrected chi connectivity index (χ0v) is 15.0. The Bertz CT molecular complexity index is 963. The second-order valence-electron chi connectivity index (χ2n) is 6.49. The Morgan fingerprint density at radius 1 is 0.704 bits per heavy atom. The molecule has 0 aliphatic rings. The molecular weight excluding hydrogens is 334 g/mol. The van der Waals surface area contributed by atoms with Crippen molar-refractivity contribution < 1.29 is 4.74 Å². The first-order valence-corrected chi connectivity index (χ1v) is 9.04. The summed E-state index contributed by atoms with van der Waals surface area (Å²) in [4.78, 5) is 0. The molecule has 0 saturated carbocycles. The molecule has 0 saturated heterocycles. The minimum Gasteiger partial charge on any atom is -0.487 e. The Kier molecular flexibility index (Phi) is 5.25. The molecule has 0 amide bonds. The number of hydrogen-bond acceptors (Lipinski definition) is 3. The lowest BCUT2D eigenvalue weighted by Crippen LogP contribution is -2.00. The number of hydrogen-bond donors (Lipinski definition) is 0. The average molecular weight is 355 g/mol. The minimum atomic E-state index is 0.410. The Morgan fingerprint density at radius 3 is 2.04 bits per heavy atom. The van der Waals surface area contributed by atoms with E-state index >= 15 is 0 Å². The first-order chi connectivity index (χ1) is 13.3. The quantitative estimate of drug-likeness (QED) is 0.490. The average Bonchev–Trinajstić information content (AvgIpc) is 3.16. The van der Waals surface area contributed by atoms with Gasteiger partial charge in [-0.25, -0.2) is 4.68 Å². The Balaban J connectivity index is 1.31. The van der Waals surface area contributed by atoms with Gasteiger partial charge in [-0.3, -0.25) is 0 Å². The summed E-state index contributed by atoms with van der Waals surface area (Å²) in [6, 6.07) is 28.9. The lowest BCUT2D eigenvalue weighted by atomic mass is 10.1. The molecule has 0 radical (unpaired) electrons. The van der Waals surface area contributed by atoms with E-state index in [9.17, 15) is 0 Å². The zero-order chi connectivity index (χ0) is 18.3. The van der Waals surface area contributed by atoms with Crippen LogP contribution in [0.3, 0.4) is 0 Å². The third-order valence-electron chi connectivity index (χ3n) is 4.33. The number of ether oxygens (including phenoxy) is 1. The Labute approximate surface area is 159 Å². The van der Waals surface area contributed by atoms with Crippen LogP contribution in [0.15, 0.2) is 91.1 Å². The summed E-state index contributed by atoms with van der Waals surface area (Å²) in [6.07, 6.45) is 2.85. The van der Waals surface area contributed by atoms with Gasteiger partial charge in [-0.2, -0.15) is 0 Å². The van der Waals surface area contributed by atoms with Crippen LogP contribution in [0.5, 0.6) is 5.75 Å². The lowest BCUT2D eigenvalue weighted by Gasteiger charge is -2.06. The highest BCUT2D eigenvalue weighted by Gasteiger charge is 2.03. The molecule has 4 aromatic rings. The molecule has 4 nitrogen and oxygen atoms in total. The SMILES string of the molecule is c1ccc(Cc2ccc(OCc3cn(Cc4ccccc4)nn3)cc2)cc1. The molecule has 0 atom stereocenters. The van der Waals surface area contributed by atoms with E-state index < -0.39 is 0 Å². The molecule has 4 heteroatoms. The van der Waals surface area contributed by atoms with Gasteiger partial charge in [0.05, 0.1) is 12.7 Å². The molecule has 0 aliphatic carbocycles. The van der Waals surface area contributed by atoms with Gasteiger partial charge in [0, 0.05) is 0 Å². The van der Waals surface area contributed by atoms with Gasteiger partial charge < -0.3 is 4.74 Å². The number of nitrogens with zero attached hydrogens (tertiary/aromatic N) is 3. The number of benzene rings is 3. The standard InChI is InChI=1S/C23H21N3O/c1-3-7-19(8-4-1)15-20-11-13-23(14-12-20)27-18-22-17-26(25-24-22)16-21-9-5-2-6-10-21/h1-14,17H,15-16,18H2. The fourth-order valence-corrected chi connectivity index (χ4v) is 2.94. The van der Waals surface area contributed by atoms with Crippen LogP contribution in [-0.2, 0) is 19.6 Å². The molecule has 0 N–H and O–H groups in total. The van der Waals surface area contributed by atoms with E-state index in [0.29, 0.717) is 13.2 Å². The minimum absolute atomic E-state index is 0.410. The van der Waals surface area contributed by atoms with E-state index in [-0.39, 0.29) is 0 Å². The highest BCUT2D eigenvalue weighted by Crippen LogP contribution is 2.16. The fourth-order valence-electron chi connectivity index (χ4n) is 2.94.